The Hall–Kier alpha value is -1.38. The molecule has 2 aromatic carbocycles. The second kappa shape index (κ2) is 9.36. The Morgan fingerprint density at radius 1 is 0.800 bits per heavy atom. The number of halogens is 6. The molecule has 0 spiro atoms. The van der Waals surface area contributed by atoms with Gasteiger partial charge in [0.25, 0.3) is 0 Å². The van der Waals surface area contributed by atoms with Gasteiger partial charge in [0.05, 0.1) is 23.5 Å². The quantitative estimate of drug-likeness (QED) is 0.216. The molecule has 2 aromatic rings. The molecule has 2 rings (SSSR count). The van der Waals surface area contributed by atoms with Crippen LogP contribution in [0.4, 0.5) is 26.3 Å². The molecule has 0 unspecified atom stereocenters. The number of benzene rings is 2. The second-order valence-electron chi connectivity index (χ2n) is 4.60. The molecule has 0 bridgehead atoms. The molecule has 3 N–H and O–H groups in total. The third kappa shape index (κ3) is 5.30. The van der Waals surface area contributed by atoms with E-state index < -0.39 is 64.9 Å². The first-order valence-electron chi connectivity index (χ1n) is 6.25. The van der Waals surface area contributed by atoms with Gasteiger partial charge in [-0.15, -0.1) is 0 Å². The molecule has 0 fully saturated rings. The maximum absolute atomic E-state index is 13.7. The summed E-state index contributed by atoms with van der Waals surface area (Å²) in [7, 11) is -2.17. The first-order valence-corrected chi connectivity index (χ1v) is 6.25. The fourth-order valence-electron chi connectivity index (χ4n) is 1.65. The summed E-state index contributed by atoms with van der Waals surface area (Å²) >= 11 is 0. The number of fused-ring (bicyclic) bond motifs is 1. The Morgan fingerprint density at radius 3 is 1.64 bits per heavy atom. The second-order valence-corrected chi connectivity index (χ2v) is 4.60. The molecule has 0 saturated carbocycles. The molecule has 25 heavy (non-hydrogen) atoms. The molecule has 0 atom stereocenters. The summed E-state index contributed by atoms with van der Waals surface area (Å²) in [5, 5.41) is 19.1. The van der Waals surface area contributed by atoms with Gasteiger partial charge in [-0.05, 0) is 19.2 Å². The van der Waals surface area contributed by atoms with Gasteiger partial charge in [0.15, 0.2) is 11.6 Å². The summed E-state index contributed by atoms with van der Waals surface area (Å²) in [4.78, 5) is 0. The SMILES string of the molecule is CC(C)Oc1[c-]c2c(F)c(F)c(F)c(F)c2c(F)c1F.OB(O)O.[Li+]. The van der Waals surface area contributed by atoms with Crippen molar-refractivity contribution in [1.82, 2.24) is 0 Å². The van der Waals surface area contributed by atoms with Crippen LogP contribution in [-0.2, 0) is 0 Å². The van der Waals surface area contributed by atoms with Gasteiger partial charge in [0.2, 0.25) is 0 Å². The van der Waals surface area contributed by atoms with Crippen molar-refractivity contribution in [3.63, 3.8) is 0 Å². The van der Waals surface area contributed by atoms with Gasteiger partial charge >= 0.3 is 26.2 Å². The van der Waals surface area contributed by atoms with Crippen molar-refractivity contribution in [2.75, 3.05) is 0 Å². The van der Waals surface area contributed by atoms with Crippen LogP contribution in [0.15, 0.2) is 0 Å². The molecule has 0 aliphatic carbocycles. The van der Waals surface area contributed by atoms with Crippen LogP contribution >= 0.6 is 0 Å². The van der Waals surface area contributed by atoms with Gasteiger partial charge < -0.3 is 19.8 Å². The standard InChI is InChI=1S/C13H7F6O.BH3O3.Li/c1-4(2)20-6-3-5-7(10(16)9(6)15)11(17)13(19)12(18)8(5)14;2-1(3)4;/h4H,1-2H3;2-4H;/q-1;;+1. The summed E-state index contributed by atoms with van der Waals surface area (Å²) in [6, 6.07) is 1.89. The van der Waals surface area contributed by atoms with E-state index in [1.54, 1.807) is 0 Å². The van der Waals surface area contributed by atoms with E-state index in [2.05, 4.69) is 0 Å². The summed E-state index contributed by atoms with van der Waals surface area (Å²) in [5.74, 6) is -12.6. The molecule has 0 amide bonds. The van der Waals surface area contributed by atoms with Crippen molar-refractivity contribution in [2.45, 2.75) is 20.0 Å². The minimum Gasteiger partial charge on any atom is -0.508 e. The molecule has 0 aromatic heterocycles. The average molecular weight is 362 g/mol. The van der Waals surface area contributed by atoms with Crippen LogP contribution < -0.4 is 23.6 Å². The van der Waals surface area contributed by atoms with Gasteiger partial charge in [-0.25, -0.2) is 17.6 Å². The average Bonchev–Trinajstić information content (AvgIpc) is 2.46. The maximum atomic E-state index is 13.7. The normalized spacial score (nSPS) is 10.2. The van der Waals surface area contributed by atoms with Crippen LogP contribution in [0.1, 0.15) is 13.8 Å². The third-order valence-corrected chi connectivity index (χ3v) is 2.47. The van der Waals surface area contributed by atoms with E-state index in [0.717, 1.165) is 0 Å². The van der Waals surface area contributed by atoms with E-state index in [4.69, 9.17) is 19.8 Å². The van der Waals surface area contributed by atoms with Crippen molar-refractivity contribution < 1.29 is 65.0 Å². The Kier molecular flexibility index (Phi) is 8.84. The molecule has 4 nitrogen and oxygen atoms in total. The Balaban J connectivity index is 0.00000104. The molecule has 12 heteroatoms. The minimum absolute atomic E-state index is 0. The van der Waals surface area contributed by atoms with Gasteiger partial charge in [0, 0.05) is 0 Å². The van der Waals surface area contributed by atoms with Crippen LogP contribution in [0.25, 0.3) is 10.8 Å². The number of ether oxygens (including phenoxy) is 1. The van der Waals surface area contributed by atoms with Gasteiger partial charge in [0.1, 0.15) is 11.6 Å². The van der Waals surface area contributed by atoms with E-state index in [9.17, 15) is 26.3 Å². The van der Waals surface area contributed by atoms with E-state index in [-0.39, 0.29) is 18.9 Å². The zero-order chi connectivity index (χ0) is 18.8. The van der Waals surface area contributed by atoms with E-state index >= 15 is 0 Å². The van der Waals surface area contributed by atoms with Crippen LogP contribution in [-0.4, -0.2) is 28.5 Å². The topological polar surface area (TPSA) is 69.9 Å². The Bertz CT molecular complexity index is 757. The van der Waals surface area contributed by atoms with Gasteiger partial charge in [-0.2, -0.15) is 0 Å². The number of hydrogen-bond acceptors (Lipinski definition) is 4. The molecule has 132 valence electrons. The predicted octanol–water partition coefficient (Wildman–Crippen LogP) is -0.786. The van der Waals surface area contributed by atoms with Crippen LogP contribution in [0.5, 0.6) is 5.75 Å². The fraction of sp³-hybridized carbons (Fsp3) is 0.231. The van der Waals surface area contributed by atoms with Crippen molar-refractivity contribution in [3.8, 4) is 5.75 Å². The van der Waals surface area contributed by atoms with E-state index in [1.807, 2.05) is 6.07 Å². The first-order chi connectivity index (χ1) is 11.0. The summed E-state index contributed by atoms with van der Waals surface area (Å²) < 4.78 is 85.1. The van der Waals surface area contributed by atoms with E-state index in [1.165, 1.54) is 13.8 Å². The van der Waals surface area contributed by atoms with Crippen LogP contribution in [0.3, 0.4) is 0 Å². The van der Waals surface area contributed by atoms with Crippen LogP contribution in [0.2, 0.25) is 0 Å². The minimum atomic E-state index is -2.22. The zero-order valence-electron chi connectivity index (χ0n) is 13.2. The first kappa shape index (κ1) is 23.6. The van der Waals surface area contributed by atoms with Crippen LogP contribution in [0, 0.1) is 41.0 Å². The largest absolute Gasteiger partial charge is 1.00 e. The summed E-state index contributed by atoms with van der Waals surface area (Å²) in [5.41, 5.74) is 0. The van der Waals surface area contributed by atoms with Crippen molar-refractivity contribution in [1.29, 1.82) is 0 Å². The molecule has 0 aliphatic rings. The van der Waals surface area contributed by atoms with Gasteiger partial charge in [-0.3, -0.25) is 8.78 Å². The molecular weight excluding hydrogens is 352 g/mol. The van der Waals surface area contributed by atoms with Gasteiger partial charge in [-0.1, -0.05) is 11.5 Å². The maximum Gasteiger partial charge on any atom is 1.00 e. The molecule has 0 heterocycles. The number of hydrogen-bond donors (Lipinski definition) is 3. The van der Waals surface area contributed by atoms with Crippen molar-refractivity contribution >= 4 is 18.1 Å². The monoisotopic (exact) mass is 362 g/mol. The third-order valence-electron chi connectivity index (χ3n) is 2.47. The molecule has 0 radical (unpaired) electrons. The zero-order valence-corrected chi connectivity index (χ0v) is 13.2. The van der Waals surface area contributed by atoms with Crippen molar-refractivity contribution in [2.24, 2.45) is 0 Å². The number of rotatable bonds is 2. The summed E-state index contributed by atoms with van der Waals surface area (Å²) in [6.45, 7) is 2.94. The Morgan fingerprint density at radius 2 is 1.20 bits per heavy atom. The fourth-order valence-corrected chi connectivity index (χ4v) is 1.65. The van der Waals surface area contributed by atoms with E-state index in [0.29, 0.717) is 0 Å². The molecular formula is C13H10BF6LiO4. The Labute approximate surface area is 150 Å². The van der Waals surface area contributed by atoms with Crippen molar-refractivity contribution in [3.05, 3.63) is 41.0 Å². The molecule has 0 aliphatic heterocycles. The smallest absolute Gasteiger partial charge is 0.508 e. The molecule has 0 saturated heterocycles. The predicted molar refractivity (Wildman–Crippen MR) is 70.7 cm³/mol. The summed E-state index contributed by atoms with van der Waals surface area (Å²) in [6.07, 6.45) is -0.615.